The number of piperidine rings is 1. The molecule has 1 aromatic carbocycles. The third-order valence-electron chi connectivity index (χ3n) is 5.96. The van der Waals surface area contributed by atoms with Crippen molar-refractivity contribution >= 4 is 5.91 Å². The second-order valence-corrected chi connectivity index (χ2v) is 7.99. The van der Waals surface area contributed by atoms with E-state index in [1.165, 1.54) is 13.2 Å². The molecule has 1 saturated heterocycles. The van der Waals surface area contributed by atoms with Crippen LogP contribution in [0.3, 0.4) is 0 Å². The van der Waals surface area contributed by atoms with Crippen molar-refractivity contribution in [3.05, 3.63) is 52.9 Å². The summed E-state index contributed by atoms with van der Waals surface area (Å²) < 4.78 is 18.8. The van der Waals surface area contributed by atoms with Crippen LogP contribution < -0.4 is 4.74 Å². The average molecular weight is 398 g/mol. The number of carbonyl (C=O) groups is 1. The van der Waals surface area contributed by atoms with Gasteiger partial charge in [0.1, 0.15) is 5.82 Å². The Morgan fingerprint density at radius 3 is 2.79 bits per heavy atom. The van der Waals surface area contributed by atoms with Gasteiger partial charge in [-0.05, 0) is 50.7 Å². The fraction of sp³-hybridized carbons (Fsp3) is 0.500. The lowest BCUT2D eigenvalue weighted by Crippen LogP contribution is -2.37. The summed E-state index contributed by atoms with van der Waals surface area (Å²) in [5.74, 6) is 1.10. The van der Waals surface area contributed by atoms with Gasteiger partial charge in [0, 0.05) is 37.2 Å². The molecule has 1 amide bonds. The van der Waals surface area contributed by atoms with Crippen molar-refractivity contribution in [3.8, 4) is 5.75 Å². The Morgan fingerprint density at radius 1 is 1.28 bits per heavy atom. The number of ether oxygens (including phenoxy) is 1. The van der Waals surface area contributed by atoms with Gasteiger partial charge in [0.05, 0.1) is 19.2 Å². The summed E-state index contributed by atoms with van der Waals surface area (Å²) in [6.07, 6.45) is 4.99. The smallest absolute Gasteiger partial charge is 0.227 e. The molecule has 0 N–H and O–H groups in total. The molecule has 0 bridgehead atoms. The number of fused-ring (bicyclic) bond motifs is 1. The number of aromatic nitrogens is 2. The van der Waals surface area contributed by atoms with Crippen molar-refractivity contribution in [1.29, 1.82) is 0 Å². The number of nitrogens with zero attached hydrogens (tertiary/aromatic N) is 4. The number of rotatable bonds is 4. The first-order chi connectivity index (χ1) is 14.0. The number of amides is 1. The molecule has 6 nitrogen and oxygen atoms in total. The normalized spacial score (nSPS) is 17.8. The Morgan fingerprint density at radius 2 is 2.07 bits per heavy atom. The summed E-state index contributed by atoms with van der Waals surface area (Å²) >= 11 is 0. The van der Waals surface area contributed by atoms with Gasteiger partial charge in [-0.1, -0.05) is 6.07 Å². The fourth-order valence-electron chi connectivity index (χ4n) is 4.11. The lowest BCUT2D eigenvalue weighted by molar-refractivity contribution is -0.131. The van der Waals surface area contributed by atoms with Crippen LogP contribution in [-0.4, -0.2) is 59.5 Å². The molecular formula is C22H27FN4O2. The van der Waals surface area contributed by atoms with Gasteiger partial charge in [-0.3, -0.25) is 4.79 Å². The Labute approximate surface area is 170 Å². The molecule has 29 heavy (non-hydrogen) atoms. The van der Waals surface area contributed by atoms with E-state index < -0.39 is 5.82 Å². The highest BCUT2D eigenvalue weighted by atomic mass is 19.1. The zero-order valence-electron chi connectivity index (χ0n) is 17.0. The van der Waals surface area contributed by atoms with Crippen molar-refractivity contribution in [3.63, 3.8) is 0 Å². The van der Waals surface area contributed by atoms with Crippen molar-refractivity contribution in [2.24, 2.45) is 0 Å². The molecule has 154 valence electrons. The third kappa shape index (κ3) is 4.40. The van der Waals surface area contributed by atoms with Crippen LogP contribution in [-0.2, 0) is 24.2 Å². The highest BCUT2D eigenvalue weighted by Crippen LogP contribution is 2.27. The zero-order valence-corrected chi connectivity index (χ0v) is 17.0. The van der Waals surface area contributed by atoms with Crippen LogP contribution in [0, 0.1) is 5.82 Å². The Balaban J connectivity index is 1.40. The van der Waals surface area contributed by atoms with Crippen molar-refractivity contribution in [2.75, 3.05) is 33.8 Å². The van der Waals surface area contributed by atoms with Gasteiger partial charge in [0.2, 0.25) is 5.91 Å². The first kappa shape index (κ1) is 19.8. The van der Waals surface area contributed by atoms with Crippen LogP contribution in [0.1, 0.15) is 41.4 Å². The maximum Gasteiger partial charge on any atom is 0.227 e. The third-order valence-corrected chi connectivity index (χ3v) is 5.96. The molecule has 2 aliphatic heterocycles. The second-order valence-electron chi connectivity index (χ2n) is 7.99. The lowest BCUT2D eigenvalue weighted by Gasteiger charge is -2.30. The SMILES string of the molecule is COc1ccc(CC(=O)N2CCc3nc(C4CCN(C)CC4)ncc3C2)cc1F. The quantitative estimate of drug-likeness (QED) is 0.792. The molecule has 4 rings (SSSR count). The van der Waals surface area contributed by atoms with E-state index in [9.17, 15) is 9.18 Å². The highest BCUT2D eigenvalue weighted by molar-refractivity contribution is 5.79. The summed E-state index contributed by atoms with van der Waals surface area (Å²) in [5, 5.41) is 0. The summed E-state index contributed by atoms with van der Waals surface area (Å²) in [7, 11) is 3.57. The molecule has 0 aliphatic carbocycles. The molecular weight excluding hydrogens is 371 g/mol. The first-order valence-corrected chi connectivity index (χ1v) is 10.2. The van der Waals surface area contributed by atoms with E-state index >= 15 is 0 Å². The van der Waals surface area contributed by atoms with E-state index in [1.807, 2.05) is 11.1 Å². The molecule has 0 saturated carbocycles. The zero-order chi connectivity index (χ0) is 20.4. The van der Waals surface area contributed by atoms with Gasteiger partial charge in [0.15, 0.2) is 11.6 Å². The van der Waals surface area contributed by atoms with E-state index in [0.717, 1.165) is 49.4 Å². The largest absolute Gasteiger partial charge is 0.494 e. The molecule has 0 spiro atoms. The van der Waals surface area contributed by atoms with E-state index in [0.29, 0.717) is 24.6 Å². The lowest BCUT2D eigenvalue weighted by atomic mass is 9.95. The molecule has 0 radical (unpaired) electrons. The van der Waals surface area contributed by atoms with Crippen LogP contribution in [0.25, 0.3) is 0 Å². The Bertz CT molecular complexity index is 896. The fourth-order valence-corrected chi connectivity index (χ4v) is 4.11. The molecule has 0 atom stereocenters. The minimum absolute atomic E-state index is 0.0142. The van der Waals surface area contributed by atoms with Crippen molar-refractivity contribution in [2.45, 2.75) is 38.1 Å². The van der Waals surface area contributed by atoms with Crippen LogP contribution in [0.2, 0.25) is 0 Å². The number of carbonyl (C=O) groups excluding carboxylic acids is 1. The van der Waals surface area contributed by atoms with Gasteiger partial charge in [-0.2, -0.15) is 0 Å². The van der Waals surface area contributed by atoms with Crippen molar-refractivity contribution in [1.82, 2.24) is 19.8 Å². The van der Waals surface area contributed by atoms with Gasteiger partial charge < -0.3 is 14.5 Å². The number of hydrogen-bond acceptors (Lipinski definition) is 5. The van der Waals surface area contributed by atoms with Gasteiger partial charge in [-0.25, -0.2) is 14.4 Å². The summed E-state index contributed by atoms with van der Waals surface area (Å²) in [6, 6.07) is 4.65. The predicted molar refractivity (Wildman–Crippen MR) is 107 cm³/mol. The maximum absolute atomic E-state index is 13.9. The van der Waals surface area contributed by atoms with E-state index in [-0.39, 0.29) is 18.1 Å². The van der Waals surface area contributed by atoms with E-state index in [1.54, 1.807) is 12.1 Å². The molecule has 1 fully saturated rings. The van der Waals surface area contributed by atoms with Gasteiger partial charge in [0.25, 0.3) is 0 Å². The first-order valence-electron chi connectivity index (χ1n) is 10.2. The topological polar surface area (TPSA) is 58.6 Å². The number of benzene rings is 1. The van der Waals surface area contributed by atoms with Crippen molar-refractivity contribution < 1.29 is 13.9 Å². The standard InChI is InChI=1S/C22H27FN4O2/c1-26-8-5-16(6-9-26)22-24-13-17-14-27(10-7-19(17)25-22)21(28)12-15-3-4-20(29-2)18(23)11-15/h3-4,11,13,16H,5-10,12,14H2,1-2H3. The molecule has 3 heterocycles. The number of methoxy groups -OCH3 is 1. The molecule has 0 unspecified atom stereocenters. The number of halogens is 1. The summed E-state index contributed by atoms with van der Waals surface area (Å²) in [6.45, 7) is 3.31. The van der Waals surface area contributed by atoms with Crippen LogP contribution in [0.15, 0.2) is 24.4 Å². The molecule has 2 aliphatic rings. The van der Waals surface area contributed by atoms with E-state index in [4.69, 9.17) is 9.72 Å². The van der Waals surface area contributed by atoms with Crippen LogP contribution in [0.5, 0.6) is 5.75 Å². The minimum atomic E-state index is -0.448. The number of likely N-dealkylation sites (tertiary alicyclic amines) is 1. The summed E-state index contributed by atoms with van der Waals surface area (Å²) in [4.78, 5) is 26.3. The van der Waals surface area contributed by atoms with Gasteiger partial charge in [-0.15, -0.1) is 0 Å². The number of hydrogen-bond donors (Lipinski definition) is 0. The molecule has 7 heteroatoms. The Kier molecular flexibility index (Phi) is 5.76. The predicted octanol–water partition coefficient (Wildman–Crippen LogP) is 2.56. The molecule has 2 aromatic rings. The van der Waals surface area contributed by atoms with Crippen LogP contribution in [0.4, 0.5) is 4.39 Å². The second kappa shape index (κ2) is 8.45. The molecule has 1 aromatic heterocycles. The maximum atomic E-state index is 13.9. The Hall–Kier alpha value is -2.54. The van der Waals surface area contributed by atoms with Crippen LogP contribution >= 0.6 is 0 Å². The van der Waals surface area contributed by atoms with Gasteiger partial charge >= 0.3 is 0 Å². The minimum Gasteiger partial charge on any atom is -0.494 e. The summed E-state index contributed by atoms with van der Waals surface area (Å²) in [5.41, 5.74) is 2.73. The monoisotopic (exact) mass is 398 g/mol. The van der Waals surface area contributed by atoms with E-state index in [2.05, 4.69) is 16.9 Å². The average Bonchev–Trinajstić information content (AvgIpc) is 2.73. The highest BCUT2D eigenvalue weighted by Gasteiger charge is 2.25.